The Hall–Kier alpha value is -3.14. The zero-order chi connectivity index (χ0) is 24.9. The summed E-state index contributed by atoms with van der Waals surface area (Å²) in [6, 6.07) is 20.1. The van der Waals surface area contributed by atoms with Crippen LogP contribution in [0.4, 0.5) is 4.39 Å². The molecule has 0 unspecified atom stereocenters. The van der Waals surface area contributed by atoms with E-state index in [1.807, 2.05) is 12.1 Å². The standard InChI is InChI=1S/C31H37FO3/c1-3-5-7-8-9-10-11-24-12-14-25(15-13-24)26-16-18-27(19-17-26)31(33)35-30-21-20-28(23-29(30)32)34-22-6-4-2/h12-21,23H,3-11,22H2,1-2H3. The minimum absolute atomic E-state index is 0.108. The maximum atomic E-state index is 14.3. The van der Waals surface area contributed by atoms with Gasteiger partial charge in [0.05, 0.1) is 12.2 Å². The summed E-state index contributed by atoms with van der Waals surface area (Å²) in [5.74, 6) is -0.893. The van der Waals surface area contributed by atoms with Crippen LogP contribution in [0.15, 0.2) is 66.7 Å². The van der Waals surface area contributed by atoms with Crippen molar-refractivity contribution in [3.8, 4) is 22.6 Å². The van der Waals surface area contributed by atoms with Crippen LogP contribution >= 0.6 is 0 Å². The number of carbonyl (C=O) groups excluding carboxylic acids is 1. The maximum Gasteiger partial charge on any atom is 0.343 e. The summed E-state index contributed by atoms with van der Waals surface area (Å²) in [6.45, 7) is 4.84. The lowest BCUT2D eigenvalue weighted by molar-refractivity contribution is 0.0727. The number of carbonyl (C=O) groups is 1. The molecule has 35 heavy (non-hydrogen) atoms. The van der Waals surface area contributed by atoms with E-state index in [9.17, 15) is 9.18 Å². The molecule has 0 N–H and O–H groups in total. The van der Waals surface area contributed by atoms with Crippen molar-refractivity contribution in [1.82, 2.24) is 0 Å². The smallest absolute Gasteiger partial charge is 0.343 e. The van der Waals surface area contributed by atoms with E-state index in [4.69, 9.17) is 9.47 Å². The van der Waals surface area contributed by atoms with Gasteiger partial charge in [-0.2, -0.15) is 0 Å². The monoisotopic (exact) mass is 476 g/mol. The number of hydrogen-bond donors (Lipinski definition) is 0. The molecule has 4 heteroatoms. The molecule has 0 aliphatic heterocycles. The number of hydrogen-bond acceptors (Lipinski definition) is 3. The number of esters is 1. The van der Waals surface area contributed by atoms with Crippen LogP contribution in [-0.2, 0) is 6.42 Å². The fraction of sp³-hybridized carbons (Fsp3) is 0.387. The van der Waals surface area contributed by atoms with Crippen molar-refractivity contribution in [2.45, 2.75) is 71.6 Å². The molecule has 3 nitrogen and oxygen atoms in total. The van der Waals surface area contributed by atoms with Gasteiger partial charge in [-0.05, 0) is 60.2 Å². The predicted molar refractivity (Wildman–Crippen MR) is 141 cm³/mol. The molecule has 0 atom stereocenters. The summed E-state index contributed by atoms with van der Waals surface area (Å²) < 4.78 is 25.1. The molecule has 0 heterocycles. The van der Waals surface area contributed by atoms with Gasteiger partial charge < -0.3 is 9.47 Å². The van der Waals surface area contributed by atoms with Gasteiger partial charge in [-0.3, -0.25) is 0 Å². The minimum Gasteiger partial charge on any atom is -0.493 e. The topological polar surface area (TPSA) is 35.5 Å². The molecule has 186 valence electrons. The first kappa shape index (κ1) is 26.5. The van der Waals surface area contributed by atoms with Crippen molar-refractivity contribution in [1.29, 1.82) is 0 Å². The maximum absolute atomic E-state index is 14.3. The first-order valence-electron chi connectivity index (χ1n) is 12.9. The molecule has 0 aromatic heterocycles. The van der Waals surface area contributed by atoms with Crippen LogP contribution in [0.3, 0.4) is 0 Å². The molecule has 0 fully saturated rings. The SMILES string of the molecule is CCCCCCCCc1ccc(-c2ccc(C(=O)Oc3ccc(OCCCC)cc3F)cc2)cc1. The molecule has 3 aromatic rings. The van der Waals surface area contributed by atoms with Gasteiger partial charge in [0.2, 0.25) is 0 Å². The number of unbranched alkanes of at least 4 members (excludes halogenated alkanes) is 6. The second-order valence-corrected chi connectivity index (χ2v) is 8.98. The molecular formula is C31H37FO3. The first-order valence-corrected chi connectivity index (χ1v) is 12.9. The number of rotatable bonds is 14. The van der Waals surface area contributed by atoms with Crippen molar-refractivity contribution in [3.05, 3.63) is 83.7 Å². The second kappa shape index (κ2) is 14.3. The van der Waals surface area contributed by atoms with E-state index in [1.54, 1.807) is 18.2 Å². The Morgan fingerprint density at radius 3 is 2.03 bits per heavy atom. The third-order valence-corrected chi connectivity index (χ3v) is 6.10. The Bertz CT molecular complexity index is 1040. The molecule has 0 amide bonds. The van der Waals surface area contributed by atoms with Gasteiger partial charge >= 0.3 is 5.97 Å². The predicted octanol–water partition coefficient (Wildman–Crippen LogP) is 8.79. The molecule has 0 aliphatic rings. The Kier molecular flexibility index (Phi) is 10.8. The van der Waals surface area contributed by atoms with E-state index in [-0.39, 0.29) is 5.75 Å². The molecule has 0 aliphatic carbocycles. The Balaban J connectivity index is 1.52. The number of benzene rings is 3. The summed E-state index contributed by atoms with van der Waals surface area (Å²) >= 11 is 0. The van der Waals surface area contributed by atoms with E-state index in [1.165, 1.54) is 56.2 Å². The van der Waals surface area contributed by atoms with Crippen molar-refractivity contribution in [2.24, 2.45) is 0 Å². The van der Waals surface area contributed by atoms with E-state index in [0.29, 0.717) is 17.9 Å². The van der Waals surface area contributed by atoms with Crippen LogP contribution in [0.2, 0.25) is 0 Å². The fourth-order valence-corrected chi connectivity index (χ4v) is 3.92. The summed E-state index contributed by atoms with van der Waals surface area (Å²) in [5, 5.41) is 0. The van der Waals surface area contributed by atoms with Crippen LogP contribution in [0.5, 0.6) is 11.5 Å². The molecule has 0 radical (unpaired) electrons. The van der Waals surface area contributed by atoms with Crippen LogP contribution in [0.1, 0.15) is 81.1 Å². The highest BCUT2D eigenvalue weighted by molar-refractivity contribution is 5.91. The highest BCUT2D eigenvalue weighted by Crippen LogP contribution is 2.25. The van der Waals surface area contributed by atoms with Gasteiger partial charge in [0.25, 0.3) is 0 Å². The third-order valence-electron chi connectivity index (χ3n) is 6.10. The summed E-state index contributed by atoms with van der Waals surface area (Å²) in [5.41, 5.74) is 3.85. The van der Waals surface area contributed by atoms with E-state index >= 15 is 0 Å². The highest BCUT2D eigenvalue weighted by Gasteiger charge is 2.13. The third kappa shape index (κ3) is 8.54. The van der Waals surface area contributed by atoms with Gasteiger partial charge in [-0.25, -0.2) is 9.18 Å². The molecular weight excluding hydrogens is 439 g/mol. The summed E-state index contributed by atoms with van der Waals surface area (Å²) in [6.07, 6.45) is 10.8. The zero-order valence-electron chi connectivity index (χ0n) is 21.0. The van der Waals surface area contributed by atoms with Crippen LogP contribution in [0.25, 0.3) is 11.1 Å². The molecule has 0 bridgehead atoms. The summed E-state index contributed by atoms with van der Waals surface area (Å²) in [7, 11) is 0. The lowest BCUT2D eigenvalue weighted by Gasteiger charge is -2.09. The average Bonchev–Trinajstić information content (AvgIpc) is 2.88. The average molecular weight is 477 g/mol. The van der Waals surface area contributed by atoms with Gasteiger partial charge in [-0.1, -0.05) is 88.8 Å². The van der Waals surface area contributed by atoms with Crippen LogP contribution < -0.4 is 9.47 Å². The van der Waals surface area contributed by atoms with Crippen molar-refractivity contribution >= 4 is 5.97 Å². The molecule has 3 rings (SSSR count). The van der Waals surface area contributed by atoms with Gasteiger partial charge in [-0.15, -0.1) is 0 Å². The molecule has 3 aromatic carbocycles. The van der Waals surface area contributed by atoms with Crippen molar-refractivity contribution < 1.29 is 18.7 Å². The van der Waals surface area contributed by atoms with Gasteiger partial charge in [0.15, 0.2) is 11.6 Å². The van der Waals surface area contributed by atoms with E-state index < -0.39 is 11.8 Å². The minimum atomic E-state index is -0.620. The van der Waals surface area contributed by atoms with Gasteiger partial charge in [0, 0.05) is 6.07 Å². The number of aryl methyl sites for hydroxylation is 1. The van der Waals surface area contributed by atoms with E-state index in [2.05, 4.69) is 38.1 Å². The Morgan fingerprint density at radius 2 is 1.37 bits per heavy atom. The zero-order valence-corrected chi connectivity index (χ0v) is 21.0. The van der Waals surface area contributed by atoms with Crippen molar-refractivity contribution in [2.75, 3.05) is 6.61 Å². The van der Waals surface area contributed by atoms with Gasteiger partial charge in [0.1, 0.15) is 5.75 Å². The number of halogens is 1. The summed E-state index contributed by atoms with van der Waals surface area (Å²) in [4.78, 5) is 12.5. The number of ether oxygens (including phenoxy) is 2. The Morgan fingerprint density at radius 1 is 0.743 bits per heavy atom. The van der Waals surface area contributed by atoms with Crippen LogP contribution in [-0.4, -0.2) is 12.6 Å². The first-order chi connectivity index (χ1) is 17.1. The molecule has 0 saturated carbocycles. The molecule has 0 saturated heterocycles. The van der Waals surface area contributed by atoms with Crippen molar-refractivity contribution in [3.63, 3.8) is 0 Å². The fourth-order valence-electron chi connectivity index (χ4n) is 3.92. The second-order valence-electron chi connectivity index (χ2n) is 8.98. The Labute approximate surface area is 209 Å². The lowest BCUT2D eigenvalue weighted by Crippen LogP contribution is -2.09. The lowest BCUT2D eigenvalue weighted by atomic mass is 10.00. The normalized spacial score (nSPS) is 10.8. The quantitative estimate of drug-likeness (QED) is 0.132. The van der Waals surface area contributed by atoms with E-state index in [0.717, 1.165) is 30.4 Å². The molecule has 0 spiro atoms. The highest BCUT2D eigenvalue weighted by atomic mass is 19.1. The largest absolute Gasteiger partial charge is 0.493 e. The van der Waals surface area contributed by atoms with Crippen LogP contribution in [0, 0.1) is 5.82 Å².